The first-order chi connectivity index (χ1) is 11.5. The van der Waals surface area contributed by atoms with Gasteiger partial charge in [-0.1, -0.05) is 12.1 Å². The molecule has 0 N–H and O–H groups in total. The van der Waals surface area contributed by atoms with Crippen LogP contribution in [0.3, 0.4) is 0 Å². The number of halogens is 1. The summed E-state index contributed by atoms with van der Waals surface area (Å²) in [5, 5.41) is 11.8. The number of rotatable bonds is 4. The third-order valence-corrected chi connectivity index (χ3v) is 5.12. The number of nitro benzene ring substituents is 1. The second-order valence-corrected chi connectivity index (χ2v) is 7.06. The van der Waals surface area contributed by atoms with E-state index in [1.807, 2.05) is 30.4 Å². The van der Waals surface area contributed by atoms with Crippen molar-refractivity contribution in [2.45, 2.75) is 6.92 Å². The summed E-state index contributed by atoms with van der Waals surface area (Å²) in [6.07, 6.45) is 3.85. The van der Waals surface area contributed by atoms with Crippen molar-refractivity contribution in [1.82, 2.24) is 4.98 Å². The van der Waals surface area contributed by atoms with Crippen molar-refractivity contribution in [2.75, 3.05) is 7.11 Å². The van der Waals surface area contributed by atoms with Gasteiger partial charge in [-0.05, 0) is 52.7 Å². The predicted molar refractivity (Wildman–Crippen MR) is 101 cm³/mol. The van der Waals surface area contributed by atoms with Gasteiger partial charge in [0.25, 0.3) is 5.69 Å². The van der Waals surface area contributed by atoms with Crippen molar-refractivity contribution < 1.29 is 9.66 Å². The fourth-order valence-electron chi connectivity index (χ4n) is 2.31. The van der Waals surface area contributed by atoms with Gasteiger partial charge >= 0.3 is 0 Å². The maximum atomic E-state index is 11.0. The van der Waals surface area contributed by atoms with E-state index in [0.29, 0.717) is 5.56 Å². The molecule has 0 aliphatic carbocycles. The van der Waals surface area contributed by atoms with Crippen molar-refractivity contribution in [2.24, 2.45) is 0 Å². The van der Waals surface area contributed by atoms with Crippen LogP contribution in [0.5, 0.6) is 5.75 Å². The first-order valence-electron chi connectivity index (χ1n) is 7.05. The van der Waals surface area contributed by atoms with Gasteiger partial charge in [-0.2, -0.15) is 0 Å². The summed E-state index contributed by atoms with van der Waals surface area (Å²) in [7, 11) is 1.62. The molecule has 0 atom stereocenters. The molecular formula is C17H13BrN2O3S. The monoisotopic (exact) mass is 404 g/mol. The van der Waals surface area contributed by atoms with Crippen LogP contribution in [0.4, 0.5) is 5.69 Å². The van der Waals surface area contributed by atoms with Crippen LogP contribution < -0.4 is 4.74 Å². The average molecular weight is 405 g/mol. The van der Waals surface area contributed by atoms with Crippen LogP contribution in [0.15, 0.2) is 34.8 Å². The molecule has 7 heteroatoms. The van der Waals surface area contributed by atoms with Crippen LogP contribution in [-0.2, 0) is 0 Å². The highest BCUT2D eigenvalue weighted by Crippen LogP contribution is 2.31. The average Bonchev–Trinajstić information content (AvgIpc) is 2.93. The Morgan fingerprint density at radius 3 is 2.75 bits per heavy atom. The Balaban J connectivity index is 1.92. The molecule has 24 heavy (non-hydrogen) atoms. The highest BCUT2D eigenvalue weighted by molar-refractivity contribution is 9.10. The van der Waals surface area contributed by atoms with Gasteiger partial charge in [0, 0.05) is 11.6 Å². The summed E-state index contributed by atoms with van der Waals surface area (Å²) in [6, 6.07) is 9.13. The maximum absolute atomic E-state index is 11.0. The quantitative estimate of drug-likeness (QED) is 0.427. The lowest BCUT2D eigenvalue weighted by Gasteiger charge is -2.03. The molecule has 5 nitrogen and oxygen atoms in total. The Bertz CT molecular complexity index is 966. The zero-order valence-corrected chi connectivity index (χ0v) is 15.3. The van der Waals surface area contributed by atoms with E-state index in [0.717, 1.165) is 31.0 Å². The number of aromatic nitrogens is 1. The number of fused-ring (bicyclic) bond motifs is 1. The molecule has 0 bridgehead atoms. The number of aryl methyl sites for hydroxylation is 1. The van der Waals surface area contributed by atoms with Gasteiger partial charge < -0.3 is 4.74 Å². The van der Waals surface area contributed by atoms with E-state index < -0.39 is 0 Å². The molecule has 0 saturated heterocycles. The van der Waals surface area contributed by atoms with Gasteiger partial charge in [-0.25, -0.2) is 4.98 Å². The molecule has 1 heterocycles. The molecular weight excluding hydrogens is 392 g/mol. The van der Waals surface area contributed by atoms with E-state index in [4.69, 9.17) is 4.74 Å². The largest absolute Gasteiger partial charge is 0.496 e. The van der Waals surface area contributed by atoms with Gasteiger partial charge in [0.1, 0.15) is 10.8 Å². The summed E-state index contributed by atoms with van der Waals surface area (Å²) >= 11 is 4.89. The number of hydrogen-bond acceptors (Lipinski definition) is 5. The number of ether oxygens (including phenoxy) is 1. The molecule has 0 unspecified atom stereocenters. The lowest BCUT2D eigenvalue weighted by molar-refractivity contribution is -0.385. The third kappa shape index (κ3) is 3.32. The summed E-state index contributed by atoms with van der Waals surface area (Å²) in [5.74, 6) is 0.773. The van der Waals surface area contributed by atoms with Crippen LogP contribution in [0.1, 0.15) is 16.1 Å². The van der Waals surface area contributed by atoms with Crippen molar-refractivity contribution in [3.63, 3.8) is 0 Å². The number of hydrogen-bond donors (Lipinski definition) is 0. The van der Waals surface area contributed by atoms with Gasteiger partial charge in [0.15, 0.2) is 0 Å². The topological polar surface area (TPSA) is 65.3 Å². The molecule has 1 aromatic heterocycles. The molecule has 0 saturated carbocycles. The van der Waals surface area contributed by atoms with Crippen molar-refractivity contribution in [3.05, 3.63) is 61.1 Å². The minimum Gasteiger partial charge on any atom is -0.496 e. The highest BCUT2D eigenvalue weighted by atomic mass is 79.9. The molecule has 0 aliphatic rings. The Morgan fingerprint density at radius 1 is 1.29 bits per heavy atom. The van der Waals surface area contributed by atoms with E-state index >= 15 is 0 Å². The number of nitro groups is 1. The highest BCUT2D eigenvalue weighted by Gasteiger charge is 2.13. The molecule has 3 rings (SSSR count). The second kappa shape index (κ2) is 6.70. The van der Waals surface area contributed by atoms with E-state index in [2.05, 4.69) is 20.9 Å². The van der Waals surface area contributed by atoms with Crippen molar-refractivity contribution in [1.29, 1.82) is 0 Å². The summed E-state index contributed by atoms with van der Waals surface area (Å²) < 4.78 is 6.89. The SMILES string of the molecule is COc1ccc(/C=C/c2nc3cc(C)c([N+](=O)[O-])cc3s2)cc1Br. The molecule has 3 aromatic rings. The molecule has 0 radical (unpaired) electrons. The molecule has 0 fully saturated rings. The summed E-state index contributed by atoms with van der Waals surface area (Å²) in [4.78, 5) is 15.2. The number of methoxy groups -OCH3 is 1. The van der Waals surface area contributed by atoms with Crippen molar-refractivity contribution >= 4 is 55.3 Å². The molecule has 0 amide bonds. The van der Waals surface area contributed by atoms with Crippen LogP contribution in [0.25, 0.3) is 22.4 Å². The number of benzene rings is 2. The maximum Gasteiger partial charge on any atom is 0.273 e. The molecule has 0 spiro atoms. The van der Waals surface area contributed by atoms with Crippen molar-refractivity contribution in [3.8, 4) is 5.75 Å². The fourth-order valence-corrected chi connectivity index (χ4v) is 3.75. The molecule has 122 valence electrons. The predicted octanol–water partition coefficient (Wildman–Crippen LogP) is 5.45. The third-order valence-electron chi connectivity index (χ3n) is 3.51. The van der Waals surface area contributed by atoms with Crippen LogP contribution >= 0.6 is 27.3 Å². The number of nitrogens with zero attached hydrogens (tertiary/aromatic N) is 2. The van der Waals surface area contributed by atoms with E-state index in [-0.39, 0.29) is 10.6 Å². The van der Waals surface area contributed by atoms with E-state index in [9.17, 15) is 10.1 Å². The van der Waals surface area contributed by atoms with Gasteiger partial charge in [0.05, 0.1) is 26.7 Å². The van der Waals surface area contributed by atoms with E-state index in [1.165, 1.54) is 11.3 Å². The normalized spacial score (nSPS) is 11.3. The van der Waals surface area contributed by atoms with Crippen LogP contribution in [-0.4, -0.2) is 17.0 Å². The van der Waals surface area contributed by atoms with Crippen LogP contribution in [0, 0.1) is 17.0 Å². The van der Waals surface area contributed by atoms with Gasteiger partial charge in [-0.15, -0.1) is 11.3 Å². The first-order valence-corrected chi connectivity index (χ1v) is 8.66. The smallest absolute Gasteiger partial charge is 0.273 e. The molecule has 2 aromatic carbocycles. The number of thiazole rings is 1. The second-order valence-electron chi connectivity index (χ2n) is 5.14. The van der Waals surface area contributed by atoms with Gasteiger partial charge in [-0.3, -0.25) is 10.1 Å². The first kappa shape index (κ1) is 16.6. The lowest BCUT2D eigenvalue weighted by atomic mass is 10.2. The zero-order chi connectivity index (χ0) is 17.3. The Morgan fingerprint density at radius 2 is 2.08 bits per heavy atom. The standard InChI is InChI=1S/C17H13BrN2O3S/c1-10-7-13-16(9-14(10)20(21)22)24-17(19-13)6-4-11-3-5-15(23-2)12(18)8-11/h3-9H,1-2H3/b6-4+. The lowest BCUT2D eigenvalue weighted by Crippen LogP contribution is -1.90. The Kier molecular flexibility index (Phi) is 4.64. The van der Waals surface area contributed by atoms with Gasteiger partial charge in [0.2, 0.25) is 0 Å². The summed E-state index contributed by atoms with van der Waals surface area (Å²) in [5.41, 5.74) is 2.52. The summed E-state index contributed by atoms with van der Waals surface area (Å²) in [6.45, 7) is 1.72. The Hall–Kier alpha value is -2.25. The van der Waals surface area contributed by atoms with Crippen LogP contribution in [0.2, 0.25) is 0 Å². The Labute approximate surface area is 150 Å². The zero-order valence-electron chi connectivity index (χ0n) is 12.9. The fraction of sp³-hybridized carbons (Fsp3) is 0.118. The minimum absolute atomic E-state index is 0.126. The molecule has 0 aliphatic heterocycles. The van der Waals surface area contributed by atoms with E-state index in [1.54, 1.807) is 26.2 Å². The minimum atomic E-state index is -0.362.